The van der Waals surface area contributed by atoms with Gasteiger partial charge < -0.3 is 10.2 Å². The Morgan fingerprint density at radius 2 is 2.18 bits per heavy atom. The third-order valence-corrected chi connectivity index (χ3v) is 2.51. The van der Waals surface area contributed by atoms with Gasteiger partial charge in [0.05, 0.1) is 0 Å². The molecule has 1 heterocycles. The quantitative estimate of drug-likeness (QED) is 0.824. The summed E-state index contributed by atoms with van der Waals surface area (Å²) in [6, 6.07) is 2.86. The molecule has 0 saturated heterocycles. The Bertz CT molecular complexity index is 367. The first kappa shape index (κ1) is 13.4. The zero-order valence-electron chi connectivity index (χ0n) is 10.2. The lowest BCUT2D eigenvalue weighted by atomic mass is 10.3. The highest BCUT2D eigenvalue weighted by molar-refractivity contribution is 5.76. The first-order valence-electron chi connectivity index (χ1n) is 5.81. The fourth-order valence-electron chi connectivity index (χ4n) is 1.54. The van der Waals surface area contributed by atoms with Crippen molar-refractivity contribution in [2.45, 2.75) is 20.3 Å². The predicted octanol–water partition coefficient (Wildman–Crippen LogP) is 1.89. The van der Waals surface area contributed by atoms with Crippen LogP contribution in [0.4, 0.5) is 10.2 Å². The molecular weight excluding hydrogens is 221 g/mol. The highest BCUT2D eigenvalue weighted by Crippen LogP contribution is 2.08. The zero-order chi connectivity index (χ0) is 12.7. The predicted molar refractivity (Wildman–Crippen MR) is 65.2 cm³/mol. The molecule has 0 fully saturated rings. The van der Waals surface area contributed by atoms with Gasteiger partial charge in [0.1, 0.15) is 0 Å². The lowest BCUT2D eigenvalue weighted by Crippen LogP contribution is -2.31. The van der Waals surface area contributed by atoms with Crippen molar-refractivity contribution in [3.8, 4) is 0 Å². The van der Waals surface area contributed by atoms with Crippen molar-refractivity contribution in [3.05, 3.63) is 24.1 Å². The minimum Gasteiger partial charge on any atom is -0.367 e. The SMILES string of the molecule is CCN(CC)C(=O)CCNc1ncccc1F. The third-order valence-electron chi connectivity index (χ3n) is 2.51. The lowest BCUT2D eigenvalue weighted by Gasteiger charge is -2.18. The average Bonchev–Trinajstić information content (AvgIpc) is 2.33. The molecule has 0 radical (unpaired) electrons. The van der Waals surface area contributed by atoms with Gasteiger partial charge in [-0.1, -0.05) is 0 Å². The number of hydrogen-bond donors (Lipinski definition) is 1. The fourth-order valence-corrected chi connectivity index (χ4v) is 1.54. The maximum Gasteiger partial charge on any atom is 0.224 e. The number of aromatic nitrogens is 1. The Balaban J connectivity index is 2.38. The molecule has 0 aliphatic heterocycles. The van der Waals surface area contributed by atoms with Gasteiger partial charge in [-0.2, -0.15) is 0 Å². The molecule has 0 atom stereocenters. The van der Waals surface area contributed by atoms with Crippen molar-refractivity contribution in [1.82, 2.24) is 9.88 Å². The summed E-state index contributed by atoms with van der Waals surface area (Å²) in [7, 11) is 0. The minimum absolute atomic E-state index is 0.0684. The van der Waals surface area contributed by atoms with E-state index in [1.54, 1.807) is 4.90 Å². The summed E-state index contributed by atoms with van der Waals surface area (Å²) < 4.78 is 13.2. The zero-order valence-corrected chi connectivity index (χ0v) is 10.2. The maximum atomic E-state index is 13.2. The van der Waals surface area contributed by atoms with E-state index in [0.717, 1.165) is 0 Å². The van der Waals surface area contributed by atoms with E-state index in [0.29, 0.717) is 26.1 Å². The second-order valence-corrected chi connectivity index (χ2v) is 3.58. The van der Waals surface area contributed by atoms with Gasteiger partial charge in [-0.05, 0) is 26.0 Å². The van der Waals surface area contributed by atoms with Crippen molar-refractivity contribution in [2.75, 3.05) is 25.0 Å². The van der Waals surface area contributed by atoms with Gasteiger partial charge in [-0.15, -0.1) is 0 Å². The Morgan fingerprint density at radius 1 is 1.47 bits per heavy atom. The number of rotatable bonds is 6. The van der Waals surface area contributed by atoms with Crippen LogP contribution < -0.4 is 5.32 Å². The van der Waals surface area contributed by atoms with Crippen molar-refractivity contribution in [2.24, 2.45) is 0 Å². The standard InChI is InChI=1S/C12H18FN3O/c1-3-16(4-2)11(17)7-9-15-12-10(13)6-5-8-14-12/h5-6,8H,3-4,7,9H2,1-2H3,(H,14,15). The molecule has 0 unspecified atom stereocenters. The number of anilines is 1. The van der Waals surface area contributed by atoms with Crippen LogP contribution in [-0.2, 0) is 4.79 Å². The molecule has 0 aliphatic rings. The van der Waals surface area contributed by atoms with Crippen LogP contribution >= 0.6 is 0 Å². The summed E-state index contributed by atoms with van der Waals surface area (Å²) in [6.07, 6.45) is 1.86. The maximum absolute atomic E-state index is 13.2. The minimum atomic E-state index is -0.400. The lowest BCUT2D eigenvalue weighted by molar-refractivity contribution is -0.130. The smallest absolute Gasteiger partial charge is 0.224 e. The number of amides is 1. The van der Waals surface area contributed by atoms with Crippen LogP contribution in [0.25, 0.3) is 0 Å². The van der Waals surface area contributed by atoms with Gasteiger partial charge in [-0.25, -0.2) is 9.37 Å². The molecule has 1 aromatic heterocycles. The first-order chi connectivity index (χ1) is 8.19. The Hall–Kier alpha value is -1.65. The largest absolute Gasteiger partial charge is 0.367 e. The molecule has 1 aromatic rings. The van der Waals surface area contributed by atoms with E-state index in [1.807, 2.05) is 13.8 Å². The number of carbonyl (C=O) groups excluding carboxylic acids is 1. The van der Waals surface area contributed by atoms with Gasteiger partial charge in [0, 0.05) is 32.3 Å². The summed E-state index contributed by atoms with van der Waals surface area (Å²) in [4.78, 5) is 17.2. The van der Waals surface area contributed by atoms with Crippen LogP contribution in [0.5, 0.6) is 0 Å². The summed E-state index contributed by atoms with van der Waals surface area (Å²) >= 11 is 0. The van der Waals surface area contributed by atoms with E-state index < -0.39 is 5.82 Å². The molecule has 1 rings (SSSR count). The van der Waals surface area contributed by atoms with Gasteiger partial charge in [0.25, 0.3) is 0 Å². The third kappa shape index (κ3) is 4.01. The number of pyridine rings is 1. The highest BCUT2D eigenvalue weighted by atomic mass is 19.1. The molecule has 1 amide bonds. The van der Waals surface area contributed by atoms with E-state index in [4.69, 9.17) is 0 Å². The number of nitrogens with zero attached hydrogens (tertiary/aromatic N) is 2. The van der Waals surface area contributed by atoms with Crippen molar-refractivity contribution >= 4 is 11.7 Å². The van der Waals surface area contributed by atoms with Crippen molar-refractivity contribution in [1.29, 1.82) is 0 Å². The van der Waals surface area contributed by atoms with Crippen LogP contribution in [-0.4, -0.2) is 35.4 Å². The average molecular weight is 239 g/mol. The second-order valence-electron chi connectivity index (χ2n) is 3.58. The van der Waals surface area contributed by atoms with Crippen LogP contribution in [0, 0.1) is 5.82 Å². The van der Waals surface area contributed by atoms with E-state index >= 15 is 0 Å². The van der Waals surface area contributed by atoms with Gasteiger partial charge in [0.15, 0.2) is 11.6 Å². The molecule has 0 aromatic carbocycles. The van der Waals surface area contributed by atoms with Crippen LogP contribution in [0.3, 0.4) is 0 Å². The second kappa shape index (κ2) is 6.83. The first-order valence-corrected chi connectivity index (χ1v) is 5.81. The Labute approximate surface area is 101 Å². The molecule has 17 heavy (non-hydrogen) atoms. The van der Waals surface area contributed by atoms with Crippen LogP contribution in [0.15, 0.2) is 18.3 Å². The van der Waals surface area contributed by atoms with Gasteiger partial charge in [-0.3, -0.25) is 4.79 Å². The van der Waals surface area contributed by atoms with E-state index in [9.17, 15) is 9.18 Å². The summed E-state index contributed by atoms with van der Waals surface area (Å²) in [5.74, 6) is -0.138. The molecule has 94 valence electrons. The normalized spacial score (nSPS) is 10.1. The number of nitrogens with one attached hydrogen (secondary N) is 1. The molecule has 0 bridgehead atoms. The summed E-state index contributed by atoms with van der Waals surface area (Å²) in [6.45, 7) is 5.67. The highest BCUT2D eigenvalue weighted by Gasteiger charge is 2.09. The van der Waals surface area contributed by atoms with E-state index in [2.05, 4.69) is 10.3 Å². The van der Waals surface area contributed by atoms with Crippen LogP contribution in [0.2, 0.25) is 0 Å². The molecule has 5 heteroatoms. The Kier molecular flexibility index (Phi) is 5.39. The molecular formula is C12H18FN3O. The summed E-state index contributed by atoms with van der Waals surface area (Å²) in [5, 5.41) is 2.81. The molecule has 0 saturated carbocycles. The Morgan fingerprint density at radius 3 is 2.76 bits per heavy atom. The van der Waals surface area contributed by atoms with Crippen molar-refractivity contribution < 1.29 is 9.18 Å². The monoisotopic (exact) mass is 239 g/mol. The number of hydrogen-bond acceptors (Lipinski definition) is 3. The van der Waals surface area contributed by atoms with E-state index in [-0.39, 0.29) is 11.7 Å². The van der Waals surface area contributed by atoms with Crippen LogP contribution in [0.1, 0.15) is 20.3 Å². The summed E-state index contributed by atoms with van der Waals surface area (Å²) in [5.41, 5.74) is 0. The topological polar surface area (TPSA) is 45.2 Å². The van der Waals surface area contributed by atoms with Crippen molar-refractivity contribution in [3.63, 3.8) is 0 Å². The molecule has 0 spiro atoms. The van der Waals surface area contributed by atoms with Gasteiger partial charge in [0.2, 0.25) is 5.91 Å². The molecule has 1 N–H and O–H groups in total. The molecule has 4 nitrogen and oxygen atoms in total. The number of halogens is 1. The van der Waals surface area contributed by atoms with Gasteiger partial charge >= 0.3 is 0 Å². The fraction of sp³-hybridized carbons (Fsp3) is 0.500. The van der Waals surface area contributed by atoms with E-state index in [1.165, 1.54) is 18.3 Å². The molecule has 0 aliphatic carbocycles. The number of carbonyl (C=O) groups is 1.